The van der Waals surface area contributed by atoms with Crippen LogP contribution >= 0.6 is 11.8 Å². The molecular weight excluding hydrogens is 274 g/mol. The van der Waals surface area contributed by atoms with Gasteiger partial charge in [0.15, 0.2) is 0 Å². The smallest absolute Gasteiger partial charge is 0.302 e. The highest BCUT2D eigenvalue weighted by molar-refractivity contribution is 8.14. The summed E-state index contributed by atoms with van der Waals surface area (Å²) in [6.07, 6.45) is 12.8. The minimum atomic E-state index is -0.267. The van der Waals surface area contributed by atoms with E-state index in [0.717, 1.165) is 17.9 Å². The van der Waals surface area contributed by atoms with Gasteiger partial charge in [0.2, 0.25) is 0 Å². The van der Waals surface area contributed by atoms with Gasteiger partial charge in [-0.2, -0.15) is 0 Å². The van der Waals surface area contributed by atoms with Gasteiger partial charge in [0.25, 0.3) is 0 Å². The van der Waals surface area contributed by atoms with Gasteiger partial charge in [-0.05, 0) is 19.8 Å². The second kappa shape index (κ2) is 7.84. The molecule has 1 saturated heterocycles. The van der Waals surface area contributed by atoms with Crippen LogP contribution in [-0.4, -0.2) is 35.2 Å². The van der Waals surface area contributed by atoms with Gasteiger partial charge in [-0.3, -0.25) is 9.79 Å². The molecule has 0 aliphatic carbocycles. The largest absolute Gasteiger partial charge is 0.466 e. The Bertz CT molecular complexity index is 395. The Morgan fingerprint density at radius 3 is 3.15 bits per heavy atom. The maximum Gasteiger partial charge on any atom is 0.302 e. The summed E-state index contributed by atoms with van der Waals surface area (Å²) in [7, 11) is 0. The molecule has 0 aromatic rings. The highest BCUT2D eigenvalue weighted by Crippen LogP contribution is 2.37. The molecule has 1 fully saturated rings. The van der Waals surface area contributed by atoms with Crippen molar-refractivity contribution < 1.29 is 14.3 Å². The second-order valence-corrected chi connectivity index (χ2v) is 5.78. The van der Waals surface area contributed by atoms with Crippen LogP contribution in [0.3, 0.4) is 0 Å². The number of hydrogen-bond donors (Lipinski definition) is 0. The highest BCUT2D eigenvalue weighted by atomic mass is 32.2. The van der Waals surface area contributed by atoms with E-state index in [1.54, 1.807) is 11.8 Å². The number of hydrogen-bond acceptors (Lipinski definition) is 5. The van der Waals surface area contributed by atoms with E-state index in [4.69, 9.17) is 9.47 Å². The summed E-state index contributed by atoms with van der Waals surface area (Å²) in [4.78, 5) is 15.3. The fraction of sp³-hybridized carbons (Fsp3) is 0.600. The van der Waals surface area contributed by atoms with Crippen molar-refractivity contribution in [1.82, 2.24) is 0 Å². The third kappa shape index (κ3) is 4.63. The molecule has 4 nitrogen and oxygen atoms in total. The average Bonchev–Trinajstić information content (AvgIpc) is 2.80. The standard InChI is InChI=1S/C15H19NO3S/c1-3-4-5-6-14-16-13-8-7-12(19-15(13)20-14)9-10-18-11(2)17/h3-4,12-13,15H,5-6,9-10H2,1-2H3/b4-3+/t12-,13-,15-/m1/s1. The molecule has 0 aromatic carbocycles. The summed E-state index contributed by atoms with van der Waals surface area (Å²) in [5, 5.41) is 1.12. The number of ether oxygens (including phenoxy) is 2. The molecule has 2 rings (SSSR count). The third-order valence-electron chi connectivity index (χ3n) is 2.93. The van der Waals surface area contributed by atoms with Crippen molar-refractivity contribution in [3.05, 3.63) is 25.0 Å². The fourth-order valence-electron chi connectivity index (χ4n) is 1.97. The first-order valence-corrected chi connectivity index (χ1v) is 7.71. The Labute approximate surface area is 125 Å². The topological polar surface area (TPSA) is 47.9 Å². The van der Waals surface area contributed by atoms with Gasteiger partial charge in [-0.1, -0.05) is 23.9 Å². The molecule has 0 unspecified atom stereocenters. The first-order chi connectivity index (χ1) is 9.69. The molecule has 5 heteroatoms. The van der Waals surface area contributed by atoms with Crippen molar-refractivity contribution in [1.29, 1.82) is 0 Å². The number of nitrogens with zero attached hydrogens (tertiary/aromatic N) is 1. The molecule has 4 radical (unpaired) electrons. The van der Waals surface area contributed by atoms with Crippen LogP contribution in [-0.2, 0) is 14.3 Å². The van der Waals surface area contributed by atoms with E-state index in [1.807, 2.05) is 6.92 Å². The van der Waals surface area contributed by atoms with Crippen molar-refractivity contribution in [3.63, 3.8) is 0 Å². The number of carbonyl (C=O) groups is 1. The van der Waals surface area contributed by atoms with Crippen LogP contribution in [0.4, 0.5) is 0 Å². The zero-order valence-corrected chi connectivity index (χ0v) is 12.6. The summed E-state index contributed by atoms with van der Waals surface area (Å²) in [6.45, 7) is 3.78. The van der Waals surface area contributed by atoms with Gasteiger partial charge in [0.1, 0.15) is 5.44 Å². The summed E-state index contributed by atoms with van der Waals surface area (Å²) in [6, 6.07) is -0.0365. The number of fused-ring (bicyclic) bond motifs is 1. The number of rotatable bonds is 6. The predicted octanol–water partition coefficient (Wildman–Crippen LogP) is 2.70. The summed E-state index contributed by atoms with van der Waals surface area (Å²) in [5.41, 5.74) is -0.000755. The molecule has 0 aromatic heterocycles. The van der Waals surface area contributed by atoms with Crippen molar-refractivity contribution >= 4 is 22.8 Å². The lowest BCUT2D eigenvalue weighted by molar-refractivity contribution is -0.141. The van der Waals surface area contributed by atoms with E-state index in [1.165, 1.54) is 6.92 Å². The molecule has 20 heavy (non-hydrogen) atoms. The molecular formula is C15H19NO3S. The van der Waals surface area contributed by atoms with Gasteiger partial charge in [0, 0.05) is 26.2 Å². The first-order valence-electron chi connectivity index (χ1n) is 6.83. The Balaban J connectivity index is 1.72. The maximum atomic E-state index is 10.7. The lowest BCUT2D eigenvalue weighted by Crippen LogP contribution is -2.35. The normalized spacial score (nSPS) is 29.3. The van der Waals surface area contributed by atoms with Crippen molar-refractivity contribution in [3.8, 4) is 0 Å². The maximum absolute atomic E-state index is 10.7. The van der Waals surface area contributed by atoms with Crippen LogP contribution in [0, 0.1) is 12.8 Å². The lowest BCUT2D eigenvalue weighted by atomic mass is 10.0. The van der Waals surface area contributed by atoms with E-state index >= 15 is 0 Å². The van der Waals surface area contributed by atoms with Gasteiger partial charge in [0.05, 0.1) is 23.8 Å². The van der Waals surface area contributed by atoms with E-state index in [-0.39, 0.29) is 23.6 Å². The second-order valence-electron chi connectivity index (χ2n) is 4.60. The molecule has 0 N–H and O–H groups in total. The molecule has 2 aliphatic heterocycles. The van der Waals surface area contributed by atoms with Crippen LogP contribution in [0.25, 0.3) is 0 Å². The van der Waals surface area contributed by atoms with Gasteiger partial charge < -0.3 is 9.47 Å². The number of aliphatic imine (C=N–C) groups is 1. The van der Waals surface area contributed by atoms with E-state index in [9.17, 15) is 4.79 Å². The molecule has 2 aliphatic rings. The average molecular weight is 293 g/mol. The monoisotopic (exact) mass is 293 g/mol. The van der Waals surface area contributed by atoms with E-state index < -0.39 is 0 Å². The quantitative estimate of drug-likeness (QED) is 0.558. The predicted molar refractivity (Wildman–Crippen MR) is 79.3 cm³/mol. The molecule has 0 saturated carbocycles. The van der Waals surface area contributed by atoms with Crippen LogP contribution in [0.1, 0.15) is 33.1 Å². The van der Waals surface area contributed by atoms with Gasteiger partial charge >= 0.3 is 5.97 Å². The zero-order chi connectivity index (χ0) is 14.4. The Morgan fingerprint density at radius 2 is 2.40 bits per heavy atom. The Hall–Kier alpha value is -0.810. The molecule has 0 amide bonds. The highest BCUT2D eigenvalue weighted by Gasteiger charge is 2.37. The van der Waals surface area contributed by atoms with Crippen LogP contribution in [0.5, 0.6) is 0 Å². The van der Waals surface area contributed by atoms with Crippen molar-refractivity contribution in [2.75, 3.05) is 6.61 Å². The Kier molecular flexibility index (Phi) is 6.10. The van der Waals surface area contributed by atoms with Crippen LogP contribution < -0.4 is 0 Å². The summed E-state index contributed by atoms with van der Waals surface area (Å²) in [5.74, 6) is -0.267. The van der Waals surface area contributed by atoms with E-state index in [2.05, 4.69) is 30.0 Å². The number of esters is 1. The minimum absolute atomic E-state index is 0.000755. The van der Waals surface area contributed by atoms with E-state index in [0.29, 0.717) is 13.0 Å². The van der Waals surface area contributed by atoms with Gasteiger partial charge in [-0.25, -0.2) is 0 Å². The molecule has 3 atom stereocenters. The lowest BCUT2D eigenvalue weighted by Gasteiger charge is -2.29. The Morgan fingerprint density at radius 1 is 1.55 bits per heavy atom. The summed E-state index contributed by atoms with van der Waals surface area (Å²) < 4.78 is 10.8. The number of thioether (sulfide) groups is 1. The minimum Gasteiger partial charge on any atom is -0.466 e. The number of carbonyl (C=O) groups excluding carboxylic acids is 1. The SMILES string of the molecule is C/C=C/CCC1=N[C@@H]2[C][C][C@H](CCOC(C)=O)O[C@@H]2S1. The molecule has 108 valence electrons. The first kappa shape index (κ1) is 15.6. The molecule has 0 spiro atoms. The van der Waals surface area contributed by atoms with Crippen molar-refractivity contribution in [2.24, 2.45) is 4.99 Å². The zero-order valence-electron chi connectivity index (χ0n) is 11.8. The fourth-order valence-corrected chi connectivity index (χ4v) is 3.09. The number of allylic oxidation sites excluding steroid dienone is 2. The van der Waals surface area contributed by atoms with Crippen LogP contribution in [0.2, 0.25) is 0 Å². The molecule has 0 bridgehead atoms. The summed E-state index contributed by atoms with van der Waals surface area (Å²) >= 11 is 1.67. The van der Waals surface area contributed by atoms with Crippen molar-refractivity contribution in [2.45, 2.75) is 50.7 Å². The van der Waals surface area contributed by atoms with Gasteiger partial charge in [-0.15, -0.1) is 0 Å². The third-order valence-corrected chi connectivity index (χ3v) is 4.11. The van der Waals surface area contributed by atoms with Crippen LogP contribution in [0.15, 0.2) is 17.1 Å². The molecule has 2 heterocycles.